The van der Waals surface area contributed by atoms with Gasteiger partial charge < -0.3 is 14.1 Å². The molecule has 6 heteroatoms. The fourth-order valence-electron chi connectivity index (χ4n) is 4.59. The molecule has 1 saturated carbocycles. The summed E-state index contributed by atoms with van der Waals surface area (Å²) in [4.78, 5) is 26.4. The van der Waals surface area contributed by atoms with Gasteiger partial charge in [0.05, 0.1) is 5.02 Å². The number of fused-ring (bicyclic) bond motifs is 2. The molecular weight excluding hydrogens is 366 g/mol. The average Bonchev–Trinajstić information content (AvgIpc) is 2.66. The molecule has 0 N–H and O–H groups in total. The molecule has 0 spiro atoms. The van der Waals surface area contributed by atoms with E-state index in [4.69, 9.17) is 20.8 Å². The van der Waals surface area contributed by atoms with Gasteiger partial charge in [-0.3, -0.25) is 4.79 Å². The van der Waals surface area contributed by atoms with Crippen LogP contribution < -0.4 is 10.4 Å². The van der Waals surface area contributed by atoms with Crippen LogP contribution in [0.25, 0.3) is 11.0 Å². The van der Waals surface area contributed by atoms with E-state index in [1.165, 1.54) is 31.7 Å². The Hall–Kier alpha value is -2.01. The second-order valence-electron chi connectivity index (χ2n) is 7.66. The molecule has 0 unspecified atom stereocenters. The lowest BCUT2D eigenvalue weighted by atomic mass is 9.78. The first-order chi connectivity index (χ1) is 13.0. The number of aryl methyl sites for hydroxylation is 1. The highest BCUT2D eigenvalue weighted by molar-refractivity contribution is 6.32. The van der Waals surface area contributed by atoms with Crippen molar-refractivity contribution >= 4 is 28.5 Å². The molecule has 2 heterocycles. The zero-order valence-electron chi connectivity index (χ0n) is 15.5. The molecular formula is C21H24ClNO4. The third-order valence-electron chi connectivity index (χ3n) is 5.92. The number of benzene rings is 1. The van der Waals surface area contributed by atoms with Crippen LogP contribution in [0, 0.1) is 12.8 Å². The second kappa shape index (κ2) is 7.55. The highest BCUT2D eigenvalue weighted by atomic mass is 35.5. The lowest BCUT2D eigenvalue weighted by Crippen LogP contribution is -2.51. The summed E-state index contributed by atoms with van der Waals surface area (Å²) in [6.07, 6.45) is 7.08. The molecule has 2 fully saturated rings. The maximum Gasteiger partial charge on any atom is 0.336 e. The number of amides is 1. The van der Waals surface area contributed by atoms with Gasteiger partial charge in [0.15, 0.2) is 6.61 Å². The minimum atomic E-state index is -0.416. The van der Waals surface area contributed by atoms with Crippen molar-refractivity contribution in [3.63, 3.8) is 0 Å². The van der Waals surface area contributed by atoms with Gasteiger partial charge in [-0.2, -0.15) is 0 Å². The smallest absolute Gasteiger partial charge is 0.336 e. The Kier molecular flexibility index (Phi) is 5.13. The van der Waals surface area contributed by atoms with Crippen molar-refractivity contribution in [1.82, 2.24) is 4.90 Å². The van der Waals surface area contributed by atoms with Crippen LogP contribution in [0.5, 0.6) is 5.75 Å². The SMILES string of the molecule is Cc1cc(=O)oc2cc(OCC(=O)N3CCC[C@@H]4CCCC[C@@H]43)c(Cl)cc12. The molecule has 27 heavy (non-hydrogen) atoms. The van der Waals surface area contributed by atoms with E-state index in [2.05, 4.69) is 0 Å². The monoisotopic (exact) mass is 389 g/mol. The largest absolute Gasteiger partial charge is 0.482 e. The standard InChI is InChI=1S/C21H24ClNO4/c1-13-9-21(25)27-18-11-19(16(22)10-15(13)18)26-12-20(24)23-8-4-6-14-5-2-3-7-17(14)23/h9-11,14,17H,2-8,12H2,1H3/t14-,17-/m0/s1. The predicted molar refractivity (Wildman–Crippen MR) is 104 cm³/mol. The van der Waals surface area contributed by atoms with Gasteiger partial charge in [0.1, 0.15) is 11.3 Å². The number of halogens is 1. The molecule has 144 valence electrons. The molecule has 4 rings (SSSR count). The van der Waals surface area contributed by atoms with E-state index >= 15 is 0 Å². The van der Waals surface area contributed by atoms with Crippen molar-refractivity contribution in [2.24, 2.45) is 5.92 Å². The molecule has 1 aromatic carbocycles. The summed E-state index contributed by atoms with van der Waals surface area (Å²) < 4.78 is 11.0. The fourth-order valence-corrected chi connectivity index (χ4v) is 4.81. The summed E-state index contributed by atoms with van der Waals surface area (Å²) in [5.74, 6) is 1.01. The van der Waals surface area contributed by atoms with Crippen molar-refractivity contribution in [3.05, 3.63) is 39.2 Å². The molecule has 1 aliphatic carbocycles. The van der Waals surface area contributed by atoms with Crippen LogP contribution in [0.1, 0.15) is 44.1 Å². The molecule has 1 saturated heterocycles. The molecule has 0 radical (unpaired) electrons. The Bertz CT molecular complexity index is 920. The number of likely N-dealkylation sites (tertiary alicyclic amines) is 1. The van der Waals surface area contributed by atoms with Crippen LogP contribution in [0.3, 0.4) is 0 Å². The van der Waals surface area contributed by atoms with Gasteiger partial charge in [-0.25, -0.2) is 4.79 Å². The molecule has 2 aliphatic rings. The predicted octanol–water partition coefficient (Wildman–Crippen LogP) is 4.31. The van der Waals surface area contributed by atoms with Crippen LogP contribution in [0.15, 0.2) is 27.4 Å². The lowest BCUT2D eigenvalue weighted by molar-refractivity contribution is -0.139. The van der Waals surface area contributed by atoms with Crippen LogP contribution in [0.4, 0.5) is 0 Å². The first-order valence-electron chi connectivity index (χ1n) is 9.69. The average molecular weight is 390 g/mol. The molecule has 2 atom stereocenters. The highest BCUT2D eigenvalue weighted by Crippen LogP contribution is 2.36. The minimum Gasteiger partial charge on any atom is -0.482 e. The summed E-state index contributed by atoms with van der Waals surface area (Å²) in [6, 6.07) is 5.10. The van der Waals surface area contributed by atoms with Crippen molar-refractivity contribution in [1.29, 1.82) is 0 Å². The lowest BCUT2D eigenvalue weighted by Gasteiger charge is -2.44. The number of ether oxygens (including phenoxy) is 1. The van der Waals surface area contributed by atoms with Gasteiger partial charge in [0.2, 0.25) is 0 Å². The molecule has 2 aromatic rings. The molecule has 5 nitrogen and oxygen atoms in total. The van der Waals surface area contributed by atoms with Gasteiger partial charge >= 0.3 is 5.63 Å². The molecule has 1 aliphatic heterocycles. The Morgan fingerprint density at radius 3 is 2.85 bits per heavy atom. The van der Waals surface area contributed by atoms with Gasteiger partial charge in [0.25, 0.3) is 5.91 Å². The third-order valence-corrected chi connectivity index (χ3v) is 6.21. The van der Waals surface area contributed by atoms with Crippen LogP contribution in [-0.2, 0) is 4.79 Å². The van der Waals surface area contributed by atoms with Gasteiger partial charge in [-0.1, -0.05) is 24.4 Å². The van der Waals surface area contributed by atoms with Crippen molar-refractivity contribution in [2.75, 3.05) is 13.2 Å². The Labute approximate surface area is 163 Å². The number of piperidine rings is 1. The number of hydrogen-bond acceptors (Lipinski definition) is 4. The Morgan fingerprint density at radius 1 is 1.22 bits per heavy atom. The van der Waals surface area contributed by atoms with E-state index in [1.807, 2.05) is 11.8 Å². The number of nitrogens with zero attached hydrogens (tertiary/aromatic N) is 1. The maximum atomic E-state index is 12.8. The van der Waals surface area contributed by atoms with E-state index in [-0.39, 0.29) is 12.5 Å². The summed E-state index contributed by atoms with van der Waals surface area (Å²) in [7, 11) is 0. The summed E-state index contributed by atoms with van der Waals surface area (Å²) in [6.45, 7) is 2.59. The van der Waals surface area contributed by atoms with E-state index in [0.29, 0.717) is 28.3 Å². The quantitative estimate of drug-likeness (QED) is 0.734. The van der Waals surface area contributed by atoms with Gasteiger partial charge in [0, 0.05) is 30.1 Å². The number of hydrogen-bond donors (Lipinski definition) is 0. The van der Waals surface area contributed by atoms with Gasteiger partial charge in [-0.15, -0.1) is 0 Å². The second-order valence-corrected chi connectivity index (χ2v) is 8.06. The minimum absolute atomic E-state index is 0.00783. The maximum absolute atomic E-state index is 12.8. The number of rotatable bonds is 3. The zero-order chi connectivity index (χ0) is 19.0. The normalized spacial score (nSPS) is 22.5. The molecule has 1 aromatic heterocycles. The van der Waals surface area contributed by atoms with Crippen LogP contribution in [-0.4, -0.2) is 30.0 Å². The van der Waals surface area contributed by atoms with Crippen molar-refractivity contribution in [2.45, 2.75) is 51.5 Å². The first-order valence-corrected chi connectivity index (χ1v) is 10.1. The van der Waals surface area contributed by atoms with Crippen molar-refractivity contribution in [3.8, 4) is 5.75 Å². The third kappa shape index (κ3) is 3.70. The van der Waals surface area contributed by atoms with E-state index in [9.17, 15) is 9.59 Å². The number of carbonyl (C=O) groups excluding carboxylic acids is 1. The fraction of sp³-hybridized carbons (Fsp3) is 0.524. The Morgan fingerprint density at radius 2 is 2.00 bits per heavy atom. The summed E-state index contributed by atoms with van der Waals surface area (Å²) >= 11 is 6.33. The topological polar surface area (TPSA) is 59.8 Å². The highest BCUT2D eigenvalue weighted by Gasteiger charge is 2.35. The van der Waals surface area contributed by atoms with Crippen LogP contribution >= 0.6 is 11.6 Å². The van der Waals surface area contributed by atoms with E-state index < -0.39 is 5.63 Å². The van der Waals surface area contributed by atoms with E-state index in [0.717, 1.165) is 30.3 Å². The zero-order valence-corrected chi connectivity index (χ0v) is 16.3. The summed E-state index contributed by atoms with van der Waals surface area (Å²) in [5.41, 5.74) is 0.792. The molecule has 0 bridgehead atoms. The molecule has 1 amide bonds. The number of carbonyl (C=O) groups is 1. The van der Waals surface area contributed by atoms with Gasteiger partial charge in [-0.05, 0) is 50.2 Å². The Balaban J connectivity index is 1.50. The van der Waals surface area contributed by atoms with Crippen LogP contribution in [0.2, 0.25) is 5.02 Å². The van der Waals surface area contributed by atoms with Crippen molar-refractivity contribution < 1.29 is 13.9 Å². The first kappa shape index (κ1) is 18.4. The van der Waals surface area contributed by atoms with E-state index in [1.54, 1.807) is 12.1 Å². The summed E-state index contributed by atoms with van der Waals surface area (Å²) in [5, 5.41) is 1.17.